The largest absolute Gasteiger partial charge is 0.416 e. The maximum atomic E-state index is 14.0. The molecular weight excluding hydrogens is 583 g/mol. The molecule has 1 aromatic heterocycles. The number of imidazole rings is 1. The topological polar surface area (TPSA) is 104 Å². The van der Waals surface area contributed by atoms with Crippen molar-refractivity contribution < 1.29 is 40.3 Å². The van der Waals surface area contributed by atoms with E-state index in [-0.39, 0.29) is 22.1 Å². The zero-order chi connectivity index (χ0) is 30.4. The molecule has 0 aliphatic carbocycles. The number of nitrogens with one attached hydrogen (secondary N) is 2. The van der Waals surface area contributed by atoms with Crippen molar-refractivity contribution in [3.05, 3.63) is 92.6 Å². The number of fused-ring (bicyclic) bond motifs is 1. The number of nitriles is 1. The summed E-state index contributed by atoms with van der Waals surface area (Å²) in [5.41, 5.74) is -5.45. The molecule has 3 aromatic carbocycles. The Hall–Kier alpha value is -4.64. The lowest BCUT2D eigenvalue weighted by Gasteiger charge is -2.16. The molecule has 1 heterocycles. The SMILES string of the molecule is Cn1c(=N)n(CC(F)F)c2cc(NC(=O)c3cc(F)cc(C(F)(F)F)c3)c(C(=O)c3cc(F)ccc3Cl)c(C#N)c21. The van der Waals surface area contributed by atoms with Crippen molar-refractivity contribution in [2.24, 2.45) is 7.05 Å². The van der Waals surface area contributed by atoms with E-state index >= 15 is 0 Å². The zero-order valence-corrected chi connectivity index (χ0v) is 21.3. The fourth-order valence-corrected chi connectivity index (χ4v) is 4.46. The summed E-state index contributed by atoms with van der Waals surface area (Å²) in [6.45, 7) is -1.03. The van der Waals surface area contributed by atoms with Gasteiger partial charge in [-0.3, -0.25) is 15.0 Å². The molecule has 1 amide bonds. The van der Waals surface area contributed by atoms with E-state index in [1.165, 1.54) is 7.05 Å². The minimum atomic E-state index is -5.02. The molecule has 0 saturated carbocycles. The maximum absolute atomic E-state index is 14.0. The third-order valence-corrected chi connectivity index (χ3v) is 6.38. The predicted molar refractivity (Wildman–Crippen MR) is 132 cm³/mol. The highest BCUT2D eigenvalue weighted by atomic mass is 35.5. The molecule has 0 aliphatic rings. The average Bonchev–Trinajstić information content (AvgIpc) is 3.12. The van der Waals surface area contributed by atoms with E-state index in [0.29, 0.717) is 12.1 Å². The van der Waals surface area contributed by atoms with Gasteiger partial charge in [-0.1, -0.05) is 11.6 Å². The number of hydrogen-bond donors (Lipinski definition) is 2. The van der Waals surface area contributed by atoms with E-state index in [4.69, 9.17) is 17.0 Å². The van der Waals surface area contributed by atoms with E-state index in [2.05, 4.69) is 5.32 Å². The molecule has 2 N–H and O–H groups in total. The molecule has 0 saturated heterocycles. The molecule has 41 heavy (non-hydrogen) atoms. The van der Waals surface area contributed by atoms with Crippen LogP contribution < -0.4 is 10.9 Å². The summed E-state index contributed by atoms with van der Waals surface area (Å²) in [7, 11) is 1.25. The van der Waals surface area contributed by atoms with Crippen LogP contribution in [0.1, 0.15) is 37.4 Å². The van der Waals surface area contributed by atoms with Crippen LogP contribution in [-0.2, 0) is 19.8 Å². The van der Waals surface area contributed by atoms with E-state index < -0.39 is 81.6 Å². The van der Waals surface area contributed by atoms with Crippen LogP contribution in [0.3, 0.4) is 0 Å². The summed E-state index contributed by atoms with van der Waals surface area (Å²) in [4.78, 5) is 26.7. The smallest absolute Gasteiger partial charge is 0.321 e. The molecule has 7 nitrogen and oxygen atoms in total. The van der Waals surface area contributed by atoms with E-state index in [1.54, 1.807) is 6.07 Å². The third kappa shape index (κ3) is 5.53. The number of aromatic nitrogens is 2. The Morgan fingerprint density at radius 1 is 1.10 bits per heavy atom. The minimum absolute atomic E-state index is 0.157. The van der Waals surface area contributed by atoms with Gasteiger partial charge in [-0.2, -0.15) is 18.4 Å². The fraction of sp³-hybridized carbons (Fsp3) is 0.154. The molecule has 0 spiro atoms. The normalized spacial score (nSPS) is 11.6. The van der Waals surface area contributed by atoms with Crippen LogP contribution in [0.15, 0.2) is 42.5 Å². The molecular formula is C26H15ClF7N5O2. The van der Waals surface area contributed by atoms with Gasteiger partial charge in [0, 0.05) is 18.2 Å². The van der Waals surface area contributed by atoms with Crippen LogP contribution >= 0.6 is 11.6 Å². The van der Waals surface area contributed by atoms with Gasteiger partial charge in [0.25, 0.3) is 12.3 Å². The Bertz CT molecular complexity index is 1840. The van der Waals surface area contributed by atoms with Gasteiger partial charge in [-0.25, -0.2) is 17.6 Å². The highest BCUT2D eigenvalue weighted by Gasteiger charge is 2.33. The lowest BCUT2D eigenvalue weighted by Crippen LogP contribution is -2.25. The molecule has 212 valence electrons. The van der Waals surface area contributed by atoms with Crippen LogP contribution in [0.25, 0.3) is 11.0 Å². The number of nitrogens with zero attached hydrogens (tertiary/aromatic N) is 3. The predicted octanol–water partition coefficient (Wildman–Crippen LogP) is 6.03. The Labute approximate surface area is 230 Å². The quantitative estimate of drug-likeness (QED) is 0.210. The van der Waals surface area contributed by atoms with Gasteiger partial charge < -0.3 is 14.5 Å². The monoisotopic (exact) mass is 597 g/mol. The molecule has 0 atom stereocenters. The van der Waals surface area contributed by atoms with Crippen molar-refractivity contribution in [1.29, 1.82) is 10.7 Å². The number of aryl methyl sites for hydroxylation is 1. The lowest BCUT2D eigenvalue weighted by molar-refractivity contribution is -0.137. The number of benzene rings is 3. The Morgan fingerprint density at radius 3 is 2.39 bits per heavy atom. The number of hydrogen-bond acceptors (Lipinski definition) is 4. The zero-order valence-electron chi connectivity index (χ0n) is 20.5. The van der Waals surface area contributed by atoms with Crippen molar-refractivity contribution in [2.45, 2.75) is 19.1 Å². The average molecular weight is 598 g/mol. The van der Waals surface area contributed by atoms with Gasteiger partial charge in [-0.15, -0.1) is 0 Å². The van der Waals surface area contributed by atoms with Crippen LogP contribution in [0.4, 0.5) is 36.4 Å². The number of alkyl halides is 5. The number of rotatable bonds is 6. The Balaban J connectivity index is 2.02. The van der Waals surface area contributed by atoms with Crippen molar-refractivity contribution in [2.75, 3.05) is 5.32 Å². The van der Waals surface area contributed by atoms with Crippen molar-refractivity contribution in [1.82, 2.24) is 9.13 Å². The molecule has 0 fully saturated rings. The van der Waals surface area contributed by atoms with E-state index in [1.807, 2.05) is 0 Å². The molecule has 0 unspecified atom stereocenters. The second kappa shape index (κ2) is 10.7. The lowest BCUT2D eigenvalue weighted by atomic mass is 9.95. The second-order valence-corrected chi connectivity index (χ2v) is 9.08. The highest BCUT2D eigenvalue weighted by molar-refractivity contribution is 6.35. The van der Waals surface area contributed by atoms with Crippen molar-refractivity contribution in [3.63, 3.8) is 0 Å². The molecule has 0 radical (unpaired) electrons. The summed E-state index contributed by atoms with van der Waals surface area (Å²) >= 11 is 6.08. The number of halogens is 8. The number of amides is 1. The highest BCUT2D eigenvalue weighted by Crippen LogP contribution is 2.34. The molecule has 4 rings (SSSR count). The third-order valence-electron chi connectivity index (χ3n) is 6.05. The summed E-state index contributed by atoms with van der Waals surface area (Å²) in [6, 6.07) is 6.39. The van der Waals surface area contributed by atoms with E-state index in [9.17, 15) is 45.6 Å². The van der Waals surface area contributed by atoms with E-state index in [0.717, 1.165) is 33.4 Å². The van der Waals surface area contributed by atoms with Gasteiger partial charge in [0.1, 0.15) is 17.7 Å². The van der Waals surface area contributed by atoms with Crippen LogP contribution in [0, 0.1) is 28.4 Å². The molecule has 0 bridgehead atoms. The first-order valence-corrected chi connectivity index (χ1v) is 11.7. The number of ketones is 1. The van der Waals surface area contributed by atoms with Crippen molar-refractivity contribution >= 4 is 40.0 Å². The molecule has 0 aliphatic heterocycles. The standard InChI is InChI=1S/C26H15ClF7N5O2/c1-38-22-16(9-35)21(23(40)15-7-13(28)2-3-17(15)27)18(8-19(22)39(25(38)36)10-20(30)31)37-24(41)11-4-12(26(32,33)34)6-14(29)5-11/h2-8,20,36H,10H2,1H3,(H,37,41). The van der Waals surface area contributed by atoms with Gasteiger partial charge in [-0.05, 0) is 42.5 Å². The van der Waals surface area contributed by atoms with Crippen molar-refractivity contribution in [3.8, 4) is 6.07 Å². The second-order valence-electron chi connectivity index (χ2n) is 8.67. The van der Waals surface area contributed by atoms with Gasteiger partial charge >= 0.3 is 6.18 Å². The maximum Gasteiger partial charge on any atom is 0.416 e. The summed E-state index contributed by atoms with van der Waals surface area (Å²) in [6.07, 6.45) is -7.99. The first kappa shape index (κ1) is 29.3. The number of carbonyl (C=O) groups excluding carboxylic acids is 2. The Morgan fingerprint density at radius 2 is 1.78 bits per heavy atom. The number of anilines is 1. The first-order valence-electron chi connectivity index (χ1n) is 11.3. The Kier molecular flexibility index (Phi) is 7.68. The fourth-order valence-electron chi connectivity index (χ4n) is 4.26. The summed E-state index contributed by atoms with van der Waals surface area (Å²) in [5.74, 6) is -4.78. The van der Waals surface area contributed by atoms with Gasteiger partial charge in [0.15, 0.2) is 5.78 Å². The number of carbonyl (C=O) groups is 2. The van der Waals surface area contributed by atoms with Crippen LogP contribution in [0.2, 0.25) is 5.02 Å². The van der Waals surface area contributed by atoms with Crippen LogP contribution in [0.5, 0.6) is 0 Å². The van der Waals surface area contributed by atoms with Gasteiger partial charge in [0.05, 0.1) is 45.0 Å². The minimum Gasteiger partial charge on any atom is -0.321 e. The molecule has 15 heteroatoms. The van der Waals surface area contributed by atoms with Gasteiger partial charge in [0.2, 0.25) is 5.62 Å². The first-order chi connectivity index (χ1) is 19.1. The summed E-state index contributed by atoms with van der Waals surface area (Å²) in [5, 5.41) is 20.2. The summed E-state index contributed by atoms with van der Waals surface area (Å²) < 4.78 is 96.2. The van der Waals surface area contributed by atoms with Crippen LogP contribution in [-0.4, -0.2) is 27.3 Å². The molecule has 4 aromatic rings.